The van der Waals surface area contributed by atoms with E-state index in [2.05, 4.69) is 22.6 Å². The van der Waals surface area contributed by atoms with Crippen molar-refractivity contribution in [1.82, 2.24) is 0 Å². The maximum absolute atomic E-state index is 10.4. The van der Waals surface area contributed by atoms with Gasteiger partial charge in [0, 0.05) is 10.3 Å². The van der Waals surface area contributed by atoms with E-state index in [4.69, 9.17) is 0 Å². The second kappa shape index (κ2) is 3.41. The summed E-state index contributed by atoms with van der Waals surface area (Å²) in [6, 6.07) is 0. The Kier molecular flexibility index (Phi) is 3.60. The molecule has 0 bridgehead atoms. The van der Waals surface area contributed by atoms with Gasteiger partial charge in [-0.25, -0.2) is 0 Å². The van der Waals surface area contributed by atoms with E-state index < -0.39 is 0 Å². The van der Waals surface area contributed by atoms with Crippen molar-refractivity contribution in [2.24, 2.45) is 5.92 Å². The summed E-state index contributed by atoms with van der Waals surface area (Å²) in [5, 5.41) is 0. The first-order valence-corrected chi connectivity index (χ1v) is 3.77. The molecule has 0 aliphatic rings. The molecule has 42 valence electrons. The lowest BCUT2D eigenvalue weighted by Crippen LogP contribution is -2.06. The van der Waals surface area contributed by atoms with Gasteiger partial charge in [0.25, 0.3) is 0 Å². The number of alkyl halides is 1. The standard InChI is InChI=1S/C5H9IO/c1-4(3-6)5(2)7/h4H,3H2,1-2H3/t4-/m0/s1. The molecule has 0 rings (SSSR count). The summed E-state index contributed by atoms with van der Waals surface area (Å²) in [7, 11) is 0. The minimum Gasteiger partial charge on any atom is -0.300 e. The molecule has 1 atom stereocenters. The highest BCUT2D eigenvalue weighted by Crippen LogP contribution is 1.99. The van der Waals surface area contributed by atoms with Gasteiger partial charge >= 0.3 is 0 Å². The average Bonchev–Trinajstić information content (AvgIpc) is 1.65. The van der Waals surface area contributed by atoms with E-state index in [1.807, 2.05) is 6.92 Å². The zero-order valence-electron chi connectivity index (χ0n) is 4.57. The fourth-order valence-electron chi connectivity index (χ4n) is 0.109. The van der Waals surface area contributed by atoms with Gasteiger partial charge in [-0.2, -0.15) is 0 Å². The molecule has 0 aromatic heterocycles. The van der Waals surface area contributed by atoms with E-state index in [9.17, 15) is 4.79 Å². The summed E-state index contributed by atoms with van der Waals surface area (Å²) >= 11 is 2.21. The van der Waals surface area contributed by atoms with Gasteiger partial charge in [0.15, 0.2) is 0 Å². The largest absolute Gasteiger partial charge is 0.300 e. The van der Waals surface area contributed by atoms with Crippen LogP contribution in [-0.2, 0) is 4.79 Å². The lowest BCUT2D eigenvalue weighted by molar-refractivity contribution is -0.119. The van der Waals surface area contributed by atoms with Gasteiger partial charge in [-0.3, -0.25) is 4.79 Å². The van der Waals surface area contributed by atoms with Crippen LogP contribution in [0.2, 0.25) is 0 Å². The number of ketones is 1. The normalized spacial score (nSPS) is 13.6. The Morgan fingerprint density at radius 1 is 1.86 bits per heavy atom. The van der Waals surface area contributed by atoms with Crippen LogP contribution in [0.15, 0.2) is 0 Å². The van der Waals surface area contributed by atoms with Crippen LogP contribution in [0.3, 0.4) is 0 Å². The van der Waals surface area contributed by atoms with Crippen LogP contribution >= 0.6 is 22.6 Å². The van der Waals surface area contributed by atoms with Crippen LogP contribution in [0.5, 0.6) is 0 Å². The number of hydrogen-bond acceptors (Lipinski definition) is 1. The third-order valence-electron chi connectivity index (χ3n) is 0.925. The lowest BCUT2D eigenvalue weighted by Gasteiger charge is -1.97. The van der Waals surface area contributed by atoms with Crippen molar-refractivity contribution in [1.29, 1.82) is 0 Å². The molecule has 0 unspecified atom stereocenters. The average molecular weight is 212 g/mol. The molecule has 0 fully saturated rings. The molecule has 0 radical (unpaired) electrons. The number of carbonyl (C=O) groups is 1. The third-order valence-corrected chi connectivity index (χ3v) is 2.25. The Hall–Kier alpha value is 0.400. The monoisotopic (exact) mass is 212 g/mol. The summed E-state index contributed by atoms with van der Waals surface area (Å²) in [6.07, 6.45) is 0. The molecule has 0 aromatic rings. The number of carbonyl (C=O) groups excluding carboxylic acids is 1. The highest BCUT2D eigenvalue weighted by atomic mass is 127. The van der Waals surface area contributed by atoms with Gasteiger partial charge in [-0.05, 0) is 6.92 Å². The molecule has 0 N–H and O–H groups in total. The van der Waals surface area contributed by atoms with Crippen molar-refractivity contribution in [3.05, 3.63) is 0 Å². The molecule has 0 aliphatic carbocycles. The van der Waals surface area contributed by atoms with Crippen molar-refractivity contribution in [2.45, 2.75) is 13.8 Å². The Bertz CT molecular complexity index is 70.5. The molecule has 7 heavy (non-hydrogen) atoms. The second-order valence-corrected chi connectivity index (χ2v) is 2.55. The zero-order valence-corrected chi connectivity index (χ0v) is 6.73. The number of Topliss-reactive ketones (excluding diaryl/α,β-unsaturated/α-hetero) is 1. The molecule has 0 heterocycles. The summed E-state index contributed by atoms with van der Waals surface area (Å²) in [6.45, 7) is 3.57. The lowest BCUT2D eigenvalue weighted by atomic mass is 10.1. The zero-order chi connectivity index (χ0) is 5.86. The Labute approximate surface area is 57.6 Å². The van der Waals surface area contributed by atoms with Gasteiger partial charge < -0.3 is 0 Å². The molecule has 0 aromatic carbocycles. The van der Waals surface area contributed by atoms with E-state index in [0.29, 0.717) is 0 Å². The second-order valence-electron chi connectivity index (χ2n) is 1.67. The highest BCUT2D eigenvalue weighted by molar-refractivity contribution is 14.1. The van der Waals surface area contributed by atoms with E-state index in [1.54, 1.807) is 6.92 Å². The molecule has 0 saturated carbocycles. The predicted molar refractivity (Wildman–Crippen MR) is 38.7 cm³/mol. The number of rotatable bonds is 2. The fourth-order valence-corrected chi connectivity index (χ4v) is 0.729. The molecule has 0 spiro atoms. The van der Waals surface area contributed by atoms with E-state index in [1.165, 1.54) is 0 Å². The summed E-state index contributed by atoms with van der Waals surface area (Å²) < 4.78 is 0.938. The van der Waals surface area contributed by atoms with Crippen LogP contribution in [0.1, 0.15) is 13.8 Å². The van der Waals surface area contributed by atoms with Crippen LogP contribution in [-0.4, -0.2) is 10.2 Å². The summed E-state index contributed by atoms with van der Waals surface area (Å²) in [4.78, 5) is 10.4. The van der Waals surface area contributed by atoms with Gasteiger partial charge in [0.2, 0.25) is 0 Å². The van der Waals surface area contributed by atoms with Gasteiger partial charge in [-0.15, -0.1) is 0 Å². The fraction of sp³-hybridized carbons (Fsp3) is 0.800. The topological polar surface area (TPSA) is 17.1 Å². The molecule has 0 saturated heterocycles. The Morgan fingerprint density at radius 2 is 2.29 bits per heavy atom. The molecule has 2 heteroatoms. The molecule has 1 nitrogen and oxygen atoms in total. The minimum absolute atomic E-state index is 0.251. The first-order chi connectivity index (χ1) is 3.18. The third kappa shape index (κ3) is 3.02. The summed E-state index contributed by atoms with van der Waals surface area (Å²) in [5.74, 6) is 0.537. The molecular weight excluding hydrogens is 203 g/mol. The Balaban J connectivity index is 3.34. The minimum atomic E-state index is 0.251. The van der Waals surface area contributed by atoms with Gasteiger partial charge in [-0.1, -0.05) is 29.5 Å². The number of hydrogen-bond donors (Lipinski definition) is 0. The first kappa shape index (κ1) is 7.40. The number of halogens is 1. The molecule has 0 amide bonds. The smallest absolute Gasteiger partial charge is 0.133 e. The quantitative estimate of drug-likeness (QED) is 0.502. The van der Waals surface area contributed by atoms with Crippen molar-refractivity contribution >= 4 is 28.4 Å². The maximum Gasteiger partial charge on any atom is 0.133 e. The first-order valence-electron chi connectivity index (χ1n) is 2.25. The maximum atomic E-state index is 10.4. The summed E-state index contributed by atoms with van der Waals surface area (Å²) in [5.41, 5.74) is 0. The van der Waals surface area contributed by atoms with Gasteiger partial charge in [0.1, 0.15) is 5.78 Å². The molecular formula is C5H9IO. The van der Waals surface area contributed by atoms with E-state index >= 15 is 0 Å². The van der Waals surface area contributed by atoms with Crippen molar-refractivity contribution < 1.29 is 4.79 Å². The Morgan fingerprint density at radius 3 is 2.29 bits per heavy atom. The predicted octanol–water partition coefficient (Wildman–Crippen LogP) is 1.65. The van der Waals surface area contributed by atoms with Crippen LogP contribution in [0.4, 0.5) is 0 Å². The van der Waals surface area contributed by atoms with Crippen LogP contribution in [0, 0.1) is 5.92 Å². The highest BCUT2D eigenvalue weighted by Gasteiger charge is 2.02. The van der Waals surface area contributed by atoms with Crippen molar-refractivity contribution in [3.63, 3.8) is 0 Å². The van der Waals surface area contributed by atoms with Crippen molar-refractivity contribution in [2.75, 3.05) is 4.43 Å². The van der Waals surface area contributed by atoms with Crippen LogP contribution < -0.4 is 0 Å². The van der Waals surface area contributed by atoms with Crippen LogP contribution in [0.25, 0.3) is 0 Å². The van der Waals surface area contributed by atoms with Crippen molar-refractivity contribution in [3.8, 4) is 0 Å². The molecule has 0 aliphatic heterocycles. The van der Waals surface area contributed by atoms with E-state index in [-0.39, 0.29) is 11.7 Å². The van der Waals surface area contributed by atoms with Gasteiger partial charge in [0.05, 0.1) is 0 Å². The van der Waals surface area contributed by atoms with E-state index in [0.717, 1.165) is 4.43 Å². The SMILES string of the molecule is CC(=O)[C@@H](C)CI.